The molecule has 0 aliphatic heterocycles. The van der Waals surface area contributed by atoms with Gasteiger partial charge in [-0.15, -0.1) is 0 Å². The number of carbonyl (C=O) groups excluding carboxylic acids is 1. The Kier molecular flexibility index (Phi) is 2.11. The molecular weight excluding hydrogens is 236 g/mol. The molecule has 1 unspecified atom stereocenters. The van der Waals surface area contributed by atoms with Crippen LogP contribution < -0.4 is 0 Å². The molecule has 0 aromatic heterocycles. The number of fused-ring (bicyclic) bond motifs is 1. The van der Waals surface area contributed by atoms with Gasteiger partial charge in [-0.2, -0.15) is 12.6 Å². The molecule has 3 heteroatoms. The Bertz CT molecular complexity index is 251. The quantitative estimate of drug-likeness (QED) is 0.450. The summed E-state index contributed by atoms with van der Waals surface area (Å²) in [5, 5.41) is 0.895. The molecule has 2 rings (SSSR count). The van der Waals surface area contributed by atoms with Gasteiger partial charge in [0, 0.05) is 17.2 Å². The zero-order valence-electron chi connectivity index (χ0n) is 6.66. The summed E-state index contributed by atoms with van der Waals surface area (Å²) in [4.78, 5) is 11.5. The summed E-state index contributed by atoms with van der Waals surface area (Å²) in [6.07, 6.45) is 6.02. The summed E-state index contributed by atoms with van der Waals surface area (Å²) in [5.41, 5.74) is 0. The number of hydrogen-bond acceptors (Lipinski definition) is 2. The van der Waals surface area contributed by atoms with Crippen molar-refractivity contribution in [2.24, 2.45) is 11.8 Å². The van der Waals surface area contributed by atoms with Gasteiger partial charge in [0.1, 0.15) is 5.78 Å². The van der Waals surface area contributed by atoms with E-state index < -0.39 is 0 Å². The zero-order chi connectivity index (χ0) is 8.77. The van der Waals surface area contributed by atoms with Crippen LogP contribution in [0, 0.1) is 11.8 Å². The molecule has 0 bridgehead atoms. The van der Waals surface area contributed by atoms with Crippen LogP contribution in [0.4, 0.5) is 0 Å². The summed E-state index contributed by atoms with van der Waals surface area (Å²) >= 11 is 7.95. The molecule has 2 aliphatic rings. The van der Waals surface area contributed by atoms with Crippen molar-refractivity contribution in [2.75, 3.05) is 5.33 Å². The number of hydrogen-bond donors (Lipinski definition) is 1. The number of alkyl halides is 1. The minimum atomic E-state index is -0.0924. The summed E-state index contributed by atoms with van der Waals surface area (Å²) in [5.74, 6) is 0.753. The highest BCUT2D eigenvalue weighted by atomic mass is 79.9. The monoisotopic (exact) mass is 246 g/mol. The summed E-state index contributed by atoms with van der Waals surface area (Å²) < 4.78 is -0.0924. The number of rotatable bonds is 2. The first-order valence-corrected chi connectivity index (χ1v) is 5.77. The molecule has 0 radical (unpaired) electrons. The van der Waals surface area contributed by atoms with E-state index in [0.29, 0.717) is 5.78 Å². The van der Waals surface area contributed by atoms with Gasteiger partial charge in [0.05, 0.1) is 4.75 Å². The van der Waals surface area contributed by atoms with Gasteiger partial charge in [-0.25, -0.2) is 0 Å². The maximum absolute atomic E-state index is 11.5. The van der Waals surface area contributed by atoms with Crippen LogP contribution in [-0.4, -0.2) is 15.9 Å². The van der Waals surface area contributed by atoms with Crippen molar-refractivity contribution in [3.8, 4) is 0 Å². The molecule has 0 amide bonds. The molecule has 66 valence electrons. The van der Waals surface area contributed by atoms with Crippen LogP contribution in [0.25, 0.3) is 0 Å². The van der Waals surface area contributed by atoms with Crippen molar-refractivity contribution in [1.82, 2.24) is 0 Å². The van der Waals surface area contributed by atoms with Gasteiger partial charge in [-0.05, 0) is 12.8 Å². The Hall–Kier alpha value is 0.240. The van der Waals surface area contributed by atoms with Crippen molar-refractivity contribution < 1.29 is 4.79 Å². The summed E-state index contributed by atoms with van der Waals surface area (Å²) in [7, 11) is 0. The number of thiol groups is 1. The average molecular weight is 247 g/mol. The van der Waals surface area contributed by atoms with E-state index in [0.717, 1.165) is 18.2 Å². The van der Waals surface area contributed by atoms with E-state index >= 15 is 0 Å². The topological polar surface area (TPSA) is 17.1 Å². The van der Waals surface area contributed by atoms with E-state index in [2.05, 4.69) is 40.7 Å². The van der Waals surface area contributed by atoms with E-state index in [1.54, 1.807) is 0 Å². The van der Waals surface area contributed by atoms with Crippen molar-refractivity contribution in [1.29, 1.82) is 0 Å². The lowest BCUT2D eigenvalue weighted by Crippen LogP contribution is -2.56. The molecule has 0 aromatic carbocycles. The largest absolute Gasteiger partial charge is 0.299 e. The number of ketones is 1. The van der Waals surface area contributed by atoms with E-state index in [1.165, 1.54) is 0 Å². The first kappa shape index (κ1) is 8.82. The second-order valence-corrected chi connectivity index (χ2v) is 5.08. The fourth-order valence-corrected chi connectivity index (χ4v) is 3.31. The van der Waals surface area contributed by atoms with Gasteiger partial charge >= 0.3 is 0 Å². The molecule has 2 aliphatic carbocycles. The summed E-state index contributed by atoms with van der Waals surface area (Å²) in [6.45, 7) is 0. The third-order valence-corrected chi connectivity index (χ3v) is 4.19. The Labute approximate surface area is 86.1 Å². The highest BCUT2D eigenvalue weighted by Gasteiger charge is 2.58. The van der Waals surface area contributed by atoms with E-state index in [-0.39, 0.29) is 16.6 Å². The van der Waals surface area contributed by atoms with Gasteiger partial charge in [-0.1, -0.05) is 28.1 Å². The Morgan fingerprint density at radius 3 is 3.17 bits per heavy atom. The van der Waals surface area contributed by atoms with Gasteiger partial charge in [0.2, 0.25) is 0 Å². The maximum Gasteiger partial charge on any atom is 0.142 e. The smallest absolute Gasteiger partial charge is 0.142 e. The van der Waals surface area contributed by atoms with Crippen molar-refractivity contribution >= 4 is 34.3 Å². The molecule has 1 saturated carbocycles. The molecule has 12 heavy (non-hydrogen) atoms. The second-order valence-electron chi connectivity index (χ2n) is 3.51. The average Bonchev–Trinajstić information content (AvgIpc) is 2.40. The minimum Gasteiger partial charge on any atom is -0.299 e. The van der Waals surface area contributed by atoms with Gasteiger partial charge in [-0.3, -0.25) is 4.79 Å². The van der Waals surface area contributed by atoms with Crippen LogP contribution >= 0.6 is 28.6 Å². The van der Waals surface area contributed by atoms with Gasteiger partial charge < -0.3 is 0 Å². The van der Waals surface area contributed by atoms with Gasteiger partial charge in [0.15, 0.2) is 0 Å². The van der Waals surface area contributed by atoms with Crippen LogP contribution in [0.5, 0.6) is 0 Å². The third-order valence-electron chi connectivity index (χ3n) is 2.96. The molecule has 1 nitrogen and oxygen atoms in total. The molecule has 3 atom stereocenters. The van der Waals surface area contributed by atoms with Crippen LogP contribution in [-0.2, 0) is 4.79 Å². The van der Waals surface area contributed by atoms with Crippen LogP contribution in [0.3, 0.4) is 0 Å². The lowest BCUT2D eigenvalue weighted by Gasteiger charge is -2.47. The summed E-state index contributed by atoms with van der Waals surface area (Å²) in [6, 6.07) is 0. The molecule has 0 spiro atoms. The highest BCUT2D eigenvalue weighted by molar-refractivity contribution is 9.09. The molecule has 0 heterocycles. The van der Waals surface area contributed by atoms with Crippen LogP contribution in [0.1, 0.15) is 12.8 Å². The molecule has 0 aromatic rings. The first-order valence-electron chi connectivity index (χ1n) is 4.20. The predicted octanol–water partition coefficient (Wildman–Crippen LogP) is 2.21. The Balaban J connectivity index is 2.16. The van der Waals surface area contributed by atoms with E-state index in [4.69, 9.17) is 0 Å². The Morgan fingerprint density at radius 2 is 2.50 bits per heavy atom. The molecule has 0 N–H and O–H groups in total. The standard InChI is InChI=1S/C9H11BrOS/c10-5-3-7-8(11)6-2-1-4-9(6,7)12/h1,4,6-7,12H,2-3,5H2/t6-,7?,9+/m0/s1. The lowest BCUT2D eigenvalue weighted by molar-refractivity contribution is -0.137. The minimum absolute atomic E-state index is 0.0924. The fourth-order valence-electron chi connectivity index (χ4n) is 2.26. The SMILES string of the molecule is O=C1C(CCBr)[C@@]2(S)C=CC[C@@H]12. The van der Waals surface area contributed by atoms with Crippen molar-refractivity contribution in [3.63, 3.8) is 0 Å². The molecule has 0 saturated heterocycles. The normalized spacial score (nSPS) is 44.3. The van der Waals surface area contributed by atoms with Gasteiger partial charge in [0.25, 0.3) is 0 Å². The van der Waals surface area contributed by atoms with Crippen LogP contribution in [0.15, 0.2) is 12.2 Å². The third kappa shape index (κ3) is 0.956. The zero-order valence-corrected chi connectivity index (χ0v) is 9.14. The number of halogens is 1. The van der Waals surface area contributed by atoms with Crippen molar-refractivity contribution in [3.05, 3.63) is 12.2 Å². The maximum atomic E-state index is 11.5. The number of Topliss-reactive ketones (excluding diaryl/α,β-unsaturated/α-hetero) is 1. The predicted molar refractivity (Wildman–Crippen MR) is 55.9 cm³/mol. The first-order chi connectivity index (χ1) is 5.70. The number of carbonyl (C=O) groups is 1. The molecular formula is C9H11BrOS. The number of allylic oxidation sites excluding steroid dienone is 1. The fraction of sp³-hybridized carbons (Fsp3) is 0.667. The van der Waals surface area contributed by atoms with E-state index in [1.807, 2.05) is 0 Å². The second kappa shape index (κ2) is 2.88. The van der Waals surface area contributed by atoms with Crippen molar-refractivity contribution in [2.45, 2.75) is 17.6 Å². The highest BCUT2D eigenvalue weighted by Crippen LogP contribution is 2.53. The Morgan fingerprint density at radius 1 is 1.75 bits per heavy atom. The van der Waals surface area contributed by atoms with Crippen LogP contribution in [0.2, 0.25) is 0 Å². The van der Waals surface area contributed by atoms with E-state index in [9.17, 15) is 4.79 Å². The lowest BCUT2D eigenvalue weighted by atomic mass is 9.63. The molecule has 1 fully saturated rings.